The number of methoxy groups -OCH3 is 2. The largest absolute Gasteiger partial charge is 0.495 e. The molecule has 2 N–H and O–H groups in total. The molecule has 0 saturated carbocycles. The van der Waals surface area contributed by atoms with Gasteiger partial charge in [0.05, 0.1) is 25.6 Å². The molecular weight excluding hydrogens is 396 g/mol. The fourth-order valence-electron chi connectivity index (χ4n) is 2.50. The molecule has 0 bridgehead atoms. The molecule has 150 valence electrons. The summed E-state index contributed by atoms with van der Waals surface area (Å²) in [6, 6.07) is 7.61. The maximum Gasteiger partial charge on any atom is 0.221 e. The quantitative estimate of drug-likeness (QED) is 0.612. The van der Waals surface area contributed by atoms with Crippen LogP contribution >= 0.6 is 21.6 Å². The van der Waals surface area contributed by atoms with Gasteiger partial charge in [0, 0.05) is 23.6 Å². The first kappa shape index (κ1) is 22.0. The van der Waals surface area contributed by atoms with E-state index in [1.165, 1.54) is 13.8 Å². The summed E-state index contributed by atoms with van der Waals surface area (Å²) in [5, 5.41) is 5.59. The summed E-state index contributed by atoms with van der Waals surface area (Å²) in [5.41, 5.74) is 3.34. The van der Waals surface area contributed by atoms with Gasteiger partial charge in [-0.05, 0) is 49.2 Å². The zero-order chi connectivity index (χ0) is 20.8. The number of nitrogens with one attached hydrogen (secondary N) is 2. The normalized spacial score (nSPS) is 10.4. The molecule has 6 nitrogen and oxygen atoms in total. The SMILES string of the molecule is COc1cc(C)c(SSc2cc(NC(C)=O)c(OC)cc2C)cc1NC(C)=O. The highest BCUT2D eigenvalue weighted by molar-refractivity contribution is 8.76. The molecule has 0 aliphatic carbocycles. The fourth-order valence-corrected chi connectivity index (χ4v) is 5.01. The van der Waals surface area contributed by atoms with Gasteiger partial charge in [-0.15, -0.1) is 0 Å². The number of amides is 2. The summed E-state index contributed by atoms with van der Waals surface area (Å²) >= 11 is 0. The minimum atomic E-state index is -0.156. The van der Waals surface area contributed by atoms with E-state index in [2.05, 4.69) is 10.6 Å². The Bertz CT molecular complexity index is 827. The second-order valence-corrected chi connectivity index (χ2v) is 8.38. The van der Waals surface area contributed by atoms with E-state index < -0.39 is 0 Å². The molecule has 0 unspecified atom stereocenters. The third-order valence-electron chi connectivity index (χ3n) is 3.84. The number of hydrogen-bond donors (Lipinski definition) is 2. The van der Waals surface area contributed by atoms with Crippen molar-refractivity contribution >= 4 is 44.8 Å². The molecule has 0 aliphatic heterocycles. The van der Waals surface area contributed by atoms with E-state index in [-0.39, 0.29) is 11.8 Å². The molecule has 0 aliphatic rings. The minimum absolute atomic E-state index is 0.156. The van der Waals surface area contributed by atoms with Crippen molar-refractivity contribution in [2.75, 3.05) is 24.9 Å². The minimum Gasteiger partial charge on any atom is -0.495 e. The smallest absolute Gasteiger partial charge is 0.221 e. The molecular formula is C20H24N2O4S2. The van der Waals surface area contributed by atoms with Crippen LogP contribution < -0.4 is 20.1 Å². The number of aryl methyl sites for hydroxylation is 2. The lowest BCUT2D eigenvalue weighted by Gasteiger charge is -2.15. The van der Waals surface area contributed by atoms with Crippen LogP contribution in [0.3, 0.4) is 0 Å². The van der Waals surface area contributed by atoms with Crippen LogP contribution in [0.5, 0.6) is 11.5 Å². The first-order chi connectivity index (χ1) is 13.2. The Morgan fingerprint density at radius 1 is 0.750 bits per heavy atom. The van der Waals surface area contributed by atoms with Crippen molar-refractivity contribution in [2.45, 2.75) is 37.5 Å². The van der Waals surface area contributed by atoms with Crippen molar-refractivity contribution in [1.82, 2.24) is 0 Å². The predicted octanol–water partition coefficient (Wildman–Crippen LogP) is 5.04. The van der Waals surface area contributed by atoms with Crippen molar-refractivity contribution in [3.8, 4) is 11.5 Å². The molecule has 0 atom stereocenters. The van der Waals surface area contributed by atoms with Crippen LogP contribution in [0.25, 0.3) is 0 Å². The van der Waals surface area contributed by atoms with Crippen LogP contribution in [0.1, 0.15) is 25.0 Å². The van der Waals surface area contributed by atoms with Gasteiger partial charge in [0.15, 0.2) is 0 Å². The lowest BCUT2D eigenvalue weighted by atomic mass is 10.2. The third-order valence-corrected chi connectivity index (χ3v) is 6.49. The number of ether oxygens (including phenoxy) is 2. The van der Waals surface area contributed by atoms with Gasteiger partial charge < -0.3 is 20.1 Å². The molecule has 2 amide bonds. The maximum absolute atomic E-state index is 11.5. The van der Waals surface area contributed by atoms with Crippen LogP contribution in [0.15, 0.2) is 34.1 Å². The summed E-state index contributed by atoms with van der Waals surface area (Å²) in [6.45, 7) is 6.91. The average molecular weight is 421 g/mol. The highest BCUT2D eigenvalue weighted by Crippen LogP contribution is 2.45. The second kappa shape index (κ2) is 9.75. The molecule has 2 rings (SSSR count). The standard InChI is InChI=1S/C20H24N2O4S2/c1-11-7-17(25-5)15(21-13(3)23)9-19(11)27-28-20-10-16(22-14(4)24)18(26-6)8-12(20)2/h7-10H,1-6H3,(H,21,23)(H,22,24). The van der Waals surface area contributed by atoms with Gasteiger partial charge in [-0.2, -0.15) is 0 Å². The molecule has 0 spiro atoms. The molecule has 0 aromatic heterocycles. The van der Waals surface area contributed by atoms with E-state index in [9.17, 15) is 9.59 Å². The van der Waals surface area contributed by atoms with E-state index in [1.54, 1.807) is 35.8 Å². The zero-order valence-electron chi connectivity index (χ0n) is 16.8. The molecule has 2 aromatic rings. The number of benzene rings is 2. The Morgan fingerprint density at radius 2 is 1.11 bits per heavy atom. The number of rotatable bonds is 7. The van der Waals surface area contributed by atoms with Gasteiger partial charge in [0.1, 0.15) is 11.5 Å². The molecule has 0 fully saturated rings. The van der Waals surface area contributed by atoms with Gasteiger partial charge in [-0.3, -0.25) is 9.59 Å². The van der Waals surface area contributed by atoms with E-state index in [4.69, 9.17) is 9.47 Å². The van der Waals surface area contributed by atoms with Crippen molar-refractivity contribution in [1.29, 1.82) is 0 Å². The fraction of sp³-hybridized carbons (Fsp3) is 0.300. The van der Waals surface area contributed by atoms with Crippen molar-refractivity contribution in [2.24, 2.45) is 0 Å². The van der Waals surface area contributed by atoms with E-state index >= 15 is 0 Å². The third kappa shape index (κ3) is 5.59. The summed E-state index contributed by atoms with van der Waals surface area (Å²) in [6.07, 6.45) is 0. The second-order valence-electron chi connectivity index (χ2n) is 6.17. The number of hydrogen-bond acceptors (Lipinski definition) is 6. The Balaban J connectivity index is 2.30. The van der Waals surface area contributed by atoms with Gasteiger partial charge in [0.2, 0.25) is 11.8 Å². The summed E-state index contributed by atoms with van der Waals surface area (Å²) in [5.74, 6) is 0.930. The number of carbonyl (C=O) groups is 2. The first-order valence-corrected chi connectivity index (χ1v) is 10.7. The van der Waals surface area contributed by atoms with Crippen molar-refractivity contribution < 1.29 is 19.1 Å². The van der Waals surface area contributed by atoms with E-state index in [0.717, 1.165) is 20.9 Å². The zero-order valence-corrected chi connectivity index (χ0v) is 18.4. The Morgan fingerprint density at radius 3 is 1.39 bits per heavy atom. The summed E-state index contributed by atoms with van der Waals surface area (Å²) in [4.78, 5) is 24.9. The van der Waals surface area contributed by atoms with Gasteiger partial charge >= 0.3 is 0 Å². The van der Waals surface area contributed by atoms with Crippen LogP contribution in [-0.2, 0) is 9.59 Å². The van der Waals surface area contributed by atoms with E-state index in [1.807, 2.05) is 38.1 Å². The van der Waals surface area contributed by atoms with Crippen LogP contribution in [0.2, 0.25) is 0 Å². The Labute approximate surface area is 173 Å². The van der Waals surface area contributed by atoms with E-state index in [0.29, 0.717) is 22.9 Å². The Hall–Kier alpha value is -2.32. The molecule has 28 heavy (non-hydrogen) atoms. The lowest BCUT2D eigenvalue weighted by Crippen LogP contribution is -2.07. The van der Waals surface area contributed by atoms with Gasteiger partial charge in [-0.25, -0.2) is 0 Å². The van der Waals surface area contributed by atoms with Crippen LogP contribution in [0, 0.1) is 13.8 Å². The predicted molar refractivity (Wildman–Crippen MR) is 116 cm³/mol. The van der Waals surface area contributed by atoms with Crippen LogP contribution in [0.4, 0.5) is 11.4 Å². The average Bonchev–Trinajstić information content (AvgIpc) is 2.62. The molecule has 8 heteroatoms. The number of carbonyl (C=O) groups excluding carboxylic acids is 2. The monoisotopic (exact) mass is 420 g/mol. The Kier molecular flexibility index (Phi) is 7.65. The highest BCUT2D eigenvalue weighted by atomic mass is 33.1. The number of anilines is 2. The highest BCUT2D eigenvalue weighted by Gasteiger charge is 2.13. The summed E-state index contributed by atoms with van der Waals surface area (Å²) < 4.78 is 10.7. The molecule has 2 aromatic carbocycles. The first-order valence-electron chi connectivity index (χ1n) is 8.52. The van der Waals surface area contributed by atoms with Gasteiger partial charge in [0.25, 0.3) is 0 Å². The topological polar surface area (TPSA) is 76.7 Å². The molecule has 0 saturated heterocycles. The lowest BCUT2D eigenvalue weighted by molar-refractivity contribution is -0.115. The van der Waals surface area contributed by atoms with Crippen LogP contribution in [-0.4, -0.2) is 26.0 Å². The molecule has 0 heterocycles. The van der Waals surface area contributed by atoms with Gasteiger partial charge in [-0.1, -0.05) is 21.6 Å². The maximum atomic E-state index is 11.5. The molecule has 0 radical (unpaired) electrons. The van der Waals surface area contributed by atoms with Crippen molar-refractivity contribution in [3.63, 3.8) is 0 Å². The van der Waals surface area contributed by atoms with Crippen molar-refractivity contribution in [3.05, 3.63) is 35.4 Å². The summed E-state index contributed by atoms with van der Waals surface area (Å²) in [7, 11) is 6.29.